The summed E-state index contributed by atoms with van der Waals surface area (Å²) in [5, 5.41) is 3.40. The number of carbonyl (C=O) groups excluding carboxylic acids is 1. The topological polar surface area (TPSA) is 41.6 Å². The van der Waals surface area contributed by atoms with Gasteiger partial charge in [-0.15, -0.1) is 12.4 Å². The normalized spacial score (nSPS) is 21.5. The maximum absolute atomic E-state index is 12.9. The summed E-state index contributed by atoms with van der Waals surface area (Å²) in [5.41, 5.74) is 1.48. The van der Waals surface area contributed by atoms with Gasteiger partial charge in [-0.05, 0) is 43.3 Å². The lowest BCUT2D eigenvalue weighted by molar-refractivity contribution is -0.135. The summed E-state index contributed by atoms with van der Waals surface area (Å²) in [6, 6.07) is 10.2. The van der Waals surface area contributed by atoms with E-state index in [1.807, 2.05) is 23.1 Å². The molecule has 1 saturated heterocycles. The summed E-state index contributed by atoms with van der Waals surface area (Å²) in [6.45, 7) is 4.07. The Labute approximate surface area is 145 Å². The van der Waals surface area contributed by atoms with Crippen LogP contribution in [0.15, 0.2) is 30.3 Å². The fourth-order valence-electron chi connectivity index (χ4n) is 3.67. The molecule has 1 aliphatic carbocycles. The lowest BCUT2D eigenvalue weighted by Gasteiger charge is -2.27. The number of ether oxygens (including phenoxy) is 1. The highest BCUT2D eigenvalue weighted by molar-refractivity contribution is 5.85. The van der Waals surface area contributed by atoms with E-state index >= 15 is 0 Å². The molecule has 23 heavy (non-hydrogen) atoms. The van der Waals surface area contributed by atoms with Gasteiger partial charge in [0.05, 0.1) is 6.61 Å². The van der Waals surface area contributed by atoms with E-state index in [2.05, 4.69) is 17.4 Å². The first-order valence-corrected chi connectivity index (χ1v) is 8.27. The van der Waals surface area contributed by atoms with E-state index < -0.39 is 0 Å². The lowest BCUT2D eigenvalue weighted by Crippen LogP contribution is -2.37. The lowest BCUT2D eigenvalue weighted by atomic mass is 9.91. The molecule has 2 fully saturated rings. The van der Waals surface area contributed by atoms with Crippen molar-refractivity contribution in [3.63, 3.8) is 0 Å². The van der Waals surface area contributed by atoms with Crippen LogP contribution in [0.1, 0.15) is 24.8 Å². The average Bonchev–Trinajstić information content (AvgIpc) is 3.25. The zero-order valence-electron chi connectivity index (χ0n) is 13.8. The maximum atomic E-state index is 12.9. The Kier molecular flexibility index (Phi) is 6.45. The molecule has 0 radical (unpaired) electrons. The van der Waals surface area contributed by atoms with Gasteiger partial charge in [-0.3, -0.25) is 4.79 Å². The minimum atomic E-state index is 0. The summed E-state index contributed by atoms with van der Waals surface area (Å²) in [7, 11) is 1.69. The van der Waals surface area contributed by atoms with E-state index in [1.165, 1.54) is 5.56 Å². The first kappa shape index (κ1) is 18.2. The SMILES string of the molecule is COCCN(Cc1ccccc1)C(=O)C1CC12CCNCC2.Cl. The van der Waals surface area contributed by atoms with Crippen LogP contribution in [0.3, 0.4) is 0 Å². The molecule has 128 valence electrons. The van der Waals surface area contributed by atoms with Gasteiger partial charge in [-0.1, -0.05) is 30.3 Å². The number of halogens is 1. The second-order valence-electron chi connectivity index (χ2n) is 6.61. The number of hydrogen-bond acceptors (Lipinski definition) is 3. The third-order valence-electron chi connectivity index (χ3n) is 5.18. The minimum absolute atomic E-state index is 0. The second-order valence-corrected chi connectivity index (χ2v) is 6.61. The first-order chi connectivity index (χ1) is 10.7. The molecule has 5 heteroatoms. The van der Waals surface area contributed by atoms with Gasteiger partial charge in [0.1, 0.15) is 0 Å². The number of methoxy groups -OCH3 is 1. The zero-order chi connectivity index (χ0) is 15.4. The van der Waals surface area contributed by atoms with E-state index in [0.29, 0.717) is 31.0 Å². The molecule has 3 rings (SSSR count). The Balaban J connectivity index is 0.00000192. The summed E-state index contributed by atoms with van der Waals surface area (Å²) in [4.78, 5) is 14.9. The van der Waals surface area contributed by atoms with E-state index in [0.717, 1.165) is 32.4 Å². The quantitative estimate of drug-likeness (QED) is 0.866. The minimum Gasteiger partial charge on any atom is -0.383 e. The van der Waals surface area contributed by atoms with Gasteiger partial charge in [0.15, 0.2) is 0 Å². The van der Waals surface area contributed by atoms with Crippen molar-refractivity contribution in [1.82, 2.24) is 10.2 Å². The molecule has 2 aliphatic rings. The van der Waals surface area contributed by atoms with Gasteiger partial charge in [0, 0.05) is 26.1 Å². The van der Waals surface area contributed by atoms with Crippen LogP contribution < -0.4 is 5.32 Å². The number of hydrogen-bond donors (Lipinski definition) is 1. The molecule has 1 aliphatic heterocycles. The van der Waals surface area contributed by atoms with Gasteiger partial charge in [0.25, 0.3) is 0 Å². The molecule has 1 saturated carbocycles. The van der Waals surface area contributed by atoms with Crippen molar-refractivity contribution in [3.05, 3.63) is 35.9 Å². The first-order valence-electron chi connectivity index (χ1n) is 8.27. The fourth-order valence-corrected chi connectivity index (χ4v) is 3.67. The molecule has 1 spiro atoms. The van der Waals surface area contributed by atoms with Gasteiger partial charge in [-0.2, -0.15) is 0 Å². The predicted molar refractivity (Wildman–Crippen MR) is 93.6 cm³/mol. The number of carbonyl (C=O) groups is 1. The monoisotopic (exact) mass is 338 g/mol. The third kappa shape index (κ3) is 4.25. The zero-order valence-corrected chi connectivity index (χ0v) is 14.6. The standard InChI is InChI=1S/C18H26N2O2.ClH/c1-22-12-11-20(14-15-5-3-2-4-6-15)17(21)16-13-18(16)7-9-19-10-8-18;/h2-6,16,19H,7-14H2,1H3;1H. The van der Waals surface area contributed by atoms with E-state index in [-0.39, 0.29) is 18.3 Å². The molecule has 1 N–H and O–H groups in total. The third-order valence-corrected chi connectivity index (χ3v) is 5.18. The van der Waals surface area contributed by atoms with Crippen molar-refractivity contribution in [3.8, 4) is 0 Å². The van der Waals surface area contributed by atoms with Gasteiger partial charge >= 0.3 is 0 Å². The molecule has 4 nitrogen and oxygen atoms in total. The number of nitrogens with zero attached hydrogens (tertiary/aromatic N) is 1. The molecule has 1 heterocycles. The fraction of sp³-hybridized carbons (Fsp3) is 0.611. The smallest absolute Gasteiger partial charge is 0.226 e. The average molecular weight is 339 g/mol. The van der Waals surface area contributed by atoms with Crippen LogP contribution in [-0.2, 0) is 16.1 Å². The van der Waals surface area contributed by atoms with E-state index in [9.17, 15) is 4.79 Å². The van der Waals surface area contributed by atoms with Crippen LogP contribution in [0, 0.1) is 11.3 Å². The number of rotatable bonds is 6. The summed E-state index contributed by atoms with van der Waals surface area (Å²) in [6.07, 6.45) is 3.37. The molecular weight excluding hydrogens is 312 g/mol. The number of piperidine rings is 1. The summed E-state index contributed by atoms with van der Waals surface area (Å²) in [5.74, 6) is 0.554. The van der Waals surface area contributed by atoms with Crippen molar-refractivity contribution < 1.29 is 9.53 Å². The highest BCUT2D eigenvalue weighted by atomic mass is 35.5. The molecule has 1 amide bonds. The Morgan fingerprint density at radius 3 is 2.65 bits per heavy atom. The van der Waals surface area contributed by atoms with Crippen molar-refractivity contribution >= 4 is 18.3 Å². The van der Waals surface area contributed by atoms with Gasteiger partial charge < -0.3 is 15.0 Å². The van der Waals surface area contributed by atoms with Crippen LogP contribution >= 0.6 is 12.4 Å². The molecular formula is C18H27ClN2O2. The van der Waals surface area contributed by atoms with Crippen LogP contribution in [0.2, 0.25) is 0 Å². The number of benzene rings is 1. The van der Waals surface area contributed by atoms with Crippen LogP contribution in [0.25, 0.3) is 0 Å². The van der Waals surface area contributed by atoms with Crippen molar-refractivity contribution in [2.45, 2.75) is 25.8 Å². The van der Waals surface area contributed by atoms with Crippen molar-refractivity contribution in [1.29, 1.82) is 0 Å². The second kappa shape index (κ2) is 8.13. The molecule has 0 aromatic heterocycles. The van der Waals surface area contributed by atoms with Crippen molar-refractivity contribution in [2.24, 2.45) is 11.3 Å². The van der Waals surface area contributed by atoms with Crippen molar-refractivity contribution in [2.75, 3.05) is 33.4 Å². The Morgan fingerprint density at radius 2 is 2.00 bits per heavy atom. The predicted octanol–water partition coefficient (Wildman–Crippen LogP) is 2.47. The maximum Gasteiger partial charge on any atom is 0.226 e. The highest BCUT2D eigenvalue weighted by Gasteiger charge is 2.58. The number of amides is 1. The van der Waals surface area contributed by atoms with Crippen LogP contribution in [0.4, 0.5) is 0 Å². The molecule has 1 aromatic carbocycles. The molecule has 1 aromatic rings. The van der Waals surface area contributed by atoms with E-state index in [4.69, 9.17) is 4.74 Å². The molecule has 1 unspecified atom stereocenters. The Bertz CT molecular complexity index is 503. The van der Waals surface area contributed by atoms with Crippen LogP contribution in [-0.4, -0.2) is 44.2 Å². The van der Waals surface area contributed by atoms with Crippen LogP contribution in [0.5, 0.6) is 0 Å². The largest absolute Gasteiger partial charge is 0.383 e. The highest BCUT2D eigenvalue weighted by Crippen LogP contribution is 2.59. The summed E-state index contributed by atoms with van der Waals surface area (Å²) < 4.78 is 5.19. The summed E-state index contributed by atoms with van der Waals surface area (Å²) >= 11 is 0. The van der Waals surface area contributed by atoms with E-state index in [1.54, 1.807) is 7.11 Å². The molecule has 1 atom stereocenters. The Hall–Kier alpha value is -1.10. The molecule has 0 bridgehead atoms. The Morgan fingerprint density at radius 1 is 1.30 bits per heavy atom. The number of nitrogens with one attached hydrogen (secondary N) is 1. The van der Waals surface area contributed by atoms with Gasteiger partial charge in [0.2, 0.25) is 5.91 Å². The van der Waals surface area contributed by atoms with Gasteiger partial charge in [-0.25, -0.2) is 0 Å².